The molecule has 90 valence electrons. The van der Waals surface area contributed by atoms with Crippen molar-refractivity contribution in [1.82, 2.24) is 4.90 Å². The van der Waals surface area contributed by atoms with Gasteiger partial charge in [0.05, 0.1) is 0 Å². The Labute approximate surface area is 96.3 Å². The number of nitrogens with zero attached hydrogens (tertiary/aromatic N) is 1. The van der Waals surface area contributed by atoms with Crippen molar-refractivity contribution in [3.05, 3.63) is 11.6 Å². The SMILES string of the molecule is CC(C)(C)OC(=O)N1CC=C(CC=O)CC1. The summed E-state index contributed by atoms with van der Waals surface area (Å²) in [4.78, 5) is 23.7. The molecule has 0 radical (unpaired) electrons. The first-order valence-electron chi connectivity index (χ1n) is 5.52. The fraction of sp³-hybridized carbons (Fsp3) is 0.667. The van der Waals surface area contributed by atoms with Crippen LogP contribution in [0.25, 0.3) is 0 Å². The van der Waals surface area contributed by atoms with E-state index in [2.05, 4.69) is 0 Å². The lowest BCUT2D eigenvalue weighted by molar-refractivity contribution is -0.107. The quantitative estimate of drug-likeness (QED) is 0.534. The second kappa shape index (κ2) is 5.14. The normalized spacial score (nSPS) is 16.7. The Bertz CT molecular complexity index is 302. The molecule has 0 aromatic carbocycles. The molecule has 0 fully saturated rings. The van der Waals surface area contributed by atoms with Gasteiger partial charge in [0.1, 0.15) is 11.9 Å². The van der Waals surface area contributed by atoms with Crippen LogP contribution < -0.4 is 0 Å². The molecule has 1 rings (SSSR count). The largest absolute Gasteiger partial charge is 0.444 e. The predicted octanol–water partition coefficient (Wildman–Crippen LogP) is 2.14. The second-order valence-corrected chi connectivity index (χ2v) is 4.91. The third kappa shape index (κ3) is 4.04. The van der Waals surface area contributed by atoms with Crippen molar-refractivity contribution >= 4 is 12.4 Å². The molecule has 0 bridgehead atoms. The maximum atomic E-state index is 11.7. The molecule has 4 nitrogen and oxygen atoms in total. The topological polar surface area (TPSA) is 46.6 Å². The van der Waals surface area contributed by atoms with E-state index in [9.17, 15) is 9.59 Å². The average molecular weight is 225 g/mol. The summed E-state index contributed by atoms with van der Waals surface area (Å²) in [5, 5.41) is 0. The van der Waals surface area contributed by atoms with E-state index < -0.39 is 5.60 Å². The van der Waals surface area contributed by atoms with Gasteiger partial charge in [-0.25, -0.2) is 4.79 Å². The summed E-state index contributed by atoms with van der Waals surface area (Å²) in [7, 11) is 0. The van der Waals surface area contributed by atoms with Gasteiger partial charge in [0.25, 0.3) is 0 Å². The number of amides is 1. The number of hydrogen-bond donors (Lipinski definition) is 0. The van der Waals surface area contributed by atoms with Crippen LogP contribution in [0.2, 0.25) is 0 Å². The van der Waals surface area contributed by atoms with Crippen molar-refractivity contribution in [1.29, 1.82) is 0 Å². The van der Waals surface area contributed by atoms with Crippen molar-refractivity contribution in [2.75, 3.05) is 13.1 Å². The first-order chi connectivity index (χ1) is 7.42. The molecule has 0 aliphatic carbocycles. The van der Waals surface area contributed by atoms with Crippen molar-refractivity contribution < 1.29 is 14.3 Å². The number of ether oxygens (including phenoxy) is 1. The van der Waals surface area contributed by atoms with Crippen LogP contribution in [0.5, 0.6) is 0 Å². The van der Waals surface area contributed by atoms with Gasteiger partial charge in [-0.15, -0.1) is 0 Å². The maximum absolute atomic E-state index is 11.7. The van der Waals surface area contributed by atoms with E-state index in [4.69, 9.17) is 4.74 Å². The van der Waals surface area contributed by atoms with Crippen LogP contribution in [0.3, 0.4) is 0 Å². The smallest absolute Gasteiger partial charge is 0.410 e. The van der Waals surface area contributed by atoms with Gasteiger partial charge < -0.3 is 14.4 Å². The molecule has 0 spiro atoms. The first-order valence-corrected chi connectivity index (χ1v) is 5.52. The van der Waals surface area contributed by atoms with Crippen LogP contribution in [0.1, 0.15) is 33.6 Å². The van der Waals surface area contributed by atoms with E-state index in [0.29, 0.717) is 19.5 Å². The molecule has 0 saturated heterocycles. The standard InChI is InChI=1S/C12H19NO3/c1-12(2,3)16-11(15)13-7-4-10(5-8-13)6-9-14/h4,9H,5-8H2,1-3H3. The van der Waals surface area contributed by atoms with Crippen LogP contribution in [-0.2, 0) is 9.53 Å². The van der Waals surface area contributed by atoms with Crippen molar-refractivity contribution in [2.45, 2.75) is 39.2 Å². The number of hydrogen-bond acceptors (Lipinski definition) is 3. The highest BCUT2D eigenvalue weighted by atomic mass is 16.6. The Kier molecular flexibility index (Phi) is 4.10. The summed E-state index contributed by atoms with van der Waals surface area (Å²) in [6, 6.07) is 0. The molecule has 4 heteroatoms. The van der Waals surface area contributed by atoms with E-state index in [-0.39, 0.29) is 6.09 Å². The summed E-state index contributed by atoms with van der Waals surface area (Å²) < 4.78 is 5.26. The number of rotatable bonds is 2. The van der Waals surface area contributed by atoms with Gasteiger partial charge in [0.15, 0.2) is 0 Å². The molecule has 0 atom stereocenters. The van der Waals surface area contributed by atoms with Crippen molar-refractivity contribution in [3.63, 3.8) is 0 Å². The first kappa shape index (κ1) is 12.7. The number of carbonyl (C=O) groups excluding carboxylic acids is 2. The van der Waals surface area contributed by atoms with Crippen LogP contribution in [0.15, 0.2) is 11.6 Å². The van der Waals surface area contributed by atoms with Gasteiger partial charge in [0.2, 0.25) is 0 Å². The lowest BCUT2D eigenvalue weighted by atomic mass is 10.1. The summed E-state index contributed by atoms with van der Waals surface area (Å²) in [5.41, 5.74) is 0.652. The minimum atomic E-state index is -0.454. The molecule has 0 unspecified atom stereocenters. The third-order valence-corrected chi connectivity index (χ3v) is 2.30. The summed E-state index contributed by atoms with van der Waals surface area (Å²) in [6.07, 6.45) is 3.78. The van der Waals surface area contributed by atoms with E-state index in [1.807, 2.05) is 26.8 Å². The highest BCUT2D eigenvalue weighted by molar-refractivity contribution is 5.68. The average Bonchev–Trinajstić information content (AvgIpc) is 2.16. The molecular formula is C12H19NO3. The Morgan fingerprint density at radius 1 is 1.56 bits per heavy atom. The monoisotopic (exact) mass is 225 g/mol. The number of carbonyl (C=O) groups is 2. The third-order valence-electron chi connectivity index (χ3n) is 2.30. The van der Waals surface area contributed by atoms with Gasteiger partial charge >= 0.3 is 6.09 Å². The molecule has 0 N–H and O–H groups in total. The molecule has 0 aromatic rings. The Morgan fingerprint density at radius 2 is 2.25 bits per heavy atom. The molecule has 16 heavy (non-hydrogen) atoms. The molecule has 0 saturated carbocycles. The molecule has 1 aliphatic rings. The number of aldehydes is 1. The molecular weight excluding hydrogens is 206 g/mol. The molecule has 1 amide bonds. The molecule has 1 heterocycles. The van der Waals surface area contributed by atoms with E-state index in [0.717, 1.165) is 18.3 Å². The zero-order valence-electron chi connectivity index (χ0n) is 10.2. The summed E-state index contributed by atoms with van der Waals surface area (Å²) in [6.45, 7) is 6.72. The van der Waals surface area contributed by atoms with Gasteiger partial charge in [0, 0.05) is 19.5 Å². The van der Waals surface area contributed by atoms with Gasteiger partial charge in [-0.3, -0.25) is 0 Å². The minimum Gasteiger partial charge on any atom is -0.444 e. The van der Waals surface area contributed by atoms with Crippen LogP contribution in [0, 0.1) is 0 Å². The fourth-order valence-corrected chi connectivity index (χ4v) is 1.50. The minimum absolute atomic E-state index is 0.283. The summed E-state index contributed by atoms with van der Waals surface area (Å²) >= 11 is 0. The van der Waals surface area contributed by atoms with Gasteiger partial charge in [-0.2, -0.15) is 0 Å². The van der Waals surface area contributed by atoms with Crippen molar-refractivity contribution in [3.8, 4) is 0 Å². The maximum Gasteiger partial charge on any atom is 0.410 e. The van der Waals surface area contributed by atoms with Crippen LogP contribution in [0.4, 0.5) is 4.79 Å². The summed E-state index contributed by atoms with van der Waals surface area (Å²) in [5.74, 6) is 0. The molecule has 1 aliphatic heterocycles. The molecule has 0 aromatic heterocycles. The lowest BCUT2D eigenvalue weighted by Gasteiger charge is -2.29. The highest BCUT2D eigenvalue weighted by Crippen LogP contribution is 2.16. The fourth-order valence-electron chi connectivity index (χ4n) is 1.50. The van der Waals surface area contributed by atoms with E-state index in [1.54, 1.807) is 4.90 Å². The zero-order valence-corrected chi connectivity index (χ0v) is 10.2. The Balaban J connectivity index is 2.47. The van der Waals surface area contributed by atoms with Crippen LogP contribution in [-0.4, -0.2) is 36.0 Å². The second-order valence-electron chi connectivity index (χ2n) is 4.91. The highest BCUT2D eigenvalue weighted by Gasteiger charge is 2.23. The van der Waals surface area contributed by atoms with Gasteiger partial charge in [-0.05, 0) is 27.2 Å². The Hall–Kier alpha value is -1.32. The Morgan fingerprint density at radius 3 is 2.69 bits per heavy atom. The zero-order chi connectivity index (χ0) is 12.2. The van der Waals surface area contributed by atoms with Crippen molar-refractivity contribution in [2.24, 2.45) is 0 Å². The van der Waals surface area contributed by atoms with E-state index in [1.165, 1.54) is 0 Å². The van der Waals surface area contributed by atoms with E-state index >= 15 is 0 Å². The van der Waals surface area contributed by atoms with Gasteiger partial charge in [-0.1, -0.05) is 11.6 Å². The predicted molar refractivity (Wildman–Crippen MR) is 61.2 cm³/mol. The lowest BCUT2D eigenvalue weighted by Crippen LogP contribution is -2.39. The van der Waals surface area contributed by atoms with Crippen LogP contribution >= 0.6 is 0 Å².